The van der Waals surface area contributed by atoms with Gasteiger partial charge in [-0.3, -0.25) is 0 Å². The fourth-order valence-corrected chi connectivity index (χ4v) is 1.39. The van der Waals surface area contributed by atoms with E-state index in [0.29, 0.717) is 0 Å². The molecule has 0 aromatic heterocycles. The minimum atomic E-state index is -1.35. The van der Waals surface area contributed by atoms with Crippen molar-refractivity contribution in [3.63, 3.8) is 0 Å². The van der Waals surface area contributed by atoms with Gasteiger partial charge in [-0.15, -0.1) is 26.4 Å². The molecule has 0 saturated heterocycles. The molecule has 0 amide bonds. The Hall–Kier alpha value is 3.54. The van der Waals surface area contributed by atoms with Gasteiger partial charge in [-0.2, -0.15) is 0 Å². The molecule has 176 valence electrons. The number of hydrogen-bond acceptors (Lipinski definition) is 4. The molecule has 0 atom stereocenters. The Morgan fingerprint density at radius 2 is 0.448 bits per heavy atom. The van der Waals surface area contributed by atoms with Crippen LogP contribution in [0.5, 0.6) is 0 Å². The average Bonchev–Trinajstić information content (AvgIpc) is 2.34. The van der Waals surface area contributed by atoms with Crippen LogP contribution in [-0.2, 0) is 0 Å². The van der Waals surface area contributed by atoms with Gasteiger partial charge in [0.25, 0.3) is 0 Å². The fourth-order valence-electron chi connectivity index (χ4n) is 0.463. The summed E-state index contributed by atoms with van der Waals surface area (Å²) in [5.74, 6) is 0. The fraction of sp³-hybridized carbons (Fsp3) is 1.00. The topological polar surface area (TPSA) is 92.2 Å². The summed E-state index contributed by atoms with van der Waals surface area (Å²) in [6, 6.07) is 0. The molecule has 0 radical (unpaired) electrons. The van der Waals surface area contributed by atoms with E-state index >= 15 is 0 Å². The SMILES string of the molecule is [O-]CCC(Cl)(Cl)Cl.[O-]CCC(Cl)(Cl)Cl.[O-]CCC(Cl)(Cl)Cl.[O-]CCC(Cl)(Cl)Cl.[Si+4]. The summed E-state index contributed by atoms with van der Waals surface area (Å²) in [5, 5.41) is 38.8. The van der Waals surface area contributed by atoms with Crippen molar-refractivity contribution < 1.29 is 20.4 Å². The van der Waals surface area contributed by atoms with E-state index < -0.39 is 15.2 Å². The van der Waals surface area contributed by atoms with Crippen molar-refractivity contribution >= 4 is 150 Å². The van der Waals surface area contributed by atoms with Crippen LogP contribution in [0.1, 0.15) is 25.7 Å². The molecule has 4 nitrogen and oxygen atoms in total. The molecule has 0 rings (SSSR count). The van der Waals surface area contributed by atoms with Crippen molar-refractivity contribution in [3.05, 3.63) is 0 Å². The van der Waals surface area contributed by atoms with Crippen LogP contribution in [0, 0.1) is 0 Å². The van der Waals surface area contributed by atoms with E-state index in [4.69, 9.17) is 139 Å². The van der Waals surface area contributed by atoms with Crippen LogP contribution in [0.2, 0.25) is 0 Å². The minimum Gasteiger partial charge on any atom is -0.854 e. The standard InChI is InChI=1S/4C3H4Cl3O.Si/c4*4-3(5,6)1-2-7;/h4*1-2H2;/q4*-1;+4. The molecule has 0 heterocycles. The van der Waals surface area contributed by atoms with E-state index in [9.17, 15) is 20.4 Å². The van der Waals surface area contributed by atoms with Gasteiger partial charge in [0.2, 0.25) is 0 Å². The average molecular weight is 678 g/mol. The van der Waals surface area contributed by atoms with Gasteiger partial charge in [0.15, 0.2) is 15.2 Å². The predicted molar refractivity (Wildman–Crippen MR) is 125 cm³/mol. The Balaban J connectivity index is -0.0000000873. The Labute approximate surface area is 235 Å². The second kappa shape index (κ2) is 23.3. The van der Waals surface area contributed by atoms with Gasteiger partial charge >= 0.3 is 11.0 Å². The first-order chi connectivity index (χ1) is 12.2. The summed E-state index contributed by atoms with van der Waals surface area (Å²) in [4.78, 5) is 0. The molecule has 0 aliphatic heterocycles. The number of rotatable bonds is 4. The molecule has 0 N–H and O–H groups in total. The van der Waals surface area contributed by atoms with E-state index in [1.54, 1.807) is 0 Å². The monoisotopic (exact) mass is 672 g/mol. The Bertz CT molecular complexity index is 265. The summed E-state index contributed by atoms with van der Waals surface area (Å²) < 4.78 is -5.38. The summed E-state index contributed by atoms with van der Waals surface area (Å²) in [6.07, 6.45) is 0.324. The van der Waals surface area contributed by atoms with Gasteiger partial charge < -0.3 is 20.4 Å². The molecule has 0 bridgehead atoms. The molecule has 0 aliphatic carbocycles. The van der Waals surface area contributed by atoms with Crippen molar-refractivity contribution in [2.75, 3.05) is 26.4 Å². The quantitative estimate of drug-likeness (QED) is 0.332. The normalized spacial score (nSPS) is 11.6. The number of alkyl halides is 12. The molecular weight excluding hydrogens is 662 g/mol. The van der Waals surface area contributed by atoms with Gasteiger partial charge in [0.05, 0.1) is 0 Å². The Morgan fingerprint density at radius 3 is 0.448 bits per heavy atom. The summed E-state index contributed by atoms with van der Waals surface area (Å²) in [6.45, 7) is -1.35. The van der Waals surface area contributed by atoms with Crippen LogP contribution in [0.25, 0.3) is 0 Å². The molecule has 0 aromatic carbocycles. The molecular formula is C12H16Cl12O4Si. The Morgan fingerprint density at radius 1 is 0.345 bits per heavy atom. The van der Waals surface area contributed by atoms with Crippen LogP contribution in [0.4, 0.5) is 0 Å². The van der Waals surface area contributed by atoms with Crippen molar-refractivity contribution in [1.82, 2.24) is 0 Å². The maximum atomic E-state index is 9.69. The van der Waals surface area contributed by atoms with Crippen LogP contribution < -0.4 is 20.4 Å². The molecule has 17 heteroatoms. The predicted octanol–water partition coefficient (Wildman–Crippen LogP) is 4.05. The number of hydrogen-bond donors (Lipinski definition) is 0. The van der Waals surface area contributed by atoms with Gasteiger partial charge in [0.1, 0.15) is 0 Å². The van der Waals surface area contributed by atoms with E-state index in [-0.39, 0.29) is 63.1 Å². The van der Waals surface area contributed by atoms with Crippen LogP contribution in [0.15, 0.2) is 0 Å². The van der Waals surface area contributed by atoms with Crippen LogP contribution in [-0.4, -0.2) is 52.6 Å². The maximum absolute atomic E-state index is 9.69. The first-order valence-electron chi connectivity index (χ1n) is 6.84. The van der Waals surface area contributed by atoms with Crippen molar-refractivity contribution in [3.8, 4) is 0 Å². The van der Waals surface area contributed by atoms with E-state index in [2.05, 4.69) is 0 Å². The zero-order valence-corrected chi connectivity index (χ0v) is 24.4. The van der Waals surface area contributed by atoms with Crippen molar-refractivity contribution in [1.29, 1.82) is 0 Å². The van der Waals surface area contributed by atoms with Crippen LogP contribution >= 0.6 is 139 Å². The molecule has 0 unspecified atom stereocenters. The third-order valence-electron chi connectivity index (χ3n) is 1.54. The largest absolute Gasteiger partial charge is 4.00 e. The molecule has 29 heavy (non-hydrogen) atoms. The zero-order chi connectivity index (χ0) is 23.7. The third-order valence-corrected chi connectivity index (χ3v) is 3.81. The molecule has 0 spiro atoms. The number of halogens is 12. The van der Waals surface area contributed by atoms with Gasteiger partial charge in [-0.25, -0.2) is 0 Å². The first kappa shape index (κ1) is 42.7. The molecule has 0 fully saturated rings. The molecule has 0 aromatic rings. The smallest absolute Gasteiger partial charge is 0.854 e. The van der Waals surface area contributed by atoms with E-state index in [1.165, 1.54) is 0 Å². The van der Waals surface area contributed by atoms with E-state index in [1.807, 2.05) is 0 Å². The summed E-state index contributed by atoms with van der Waals surface area (Å²) in [5.41, 5.74) is 0. The molecule has 0 saturated carbocycles. The molecule has 0 aliphatic rings. The van der Waals surface area contributed by atoms with Gasteiger partial charge in [-0.1, -0.05) is 139 Å². The summed E-state index contributed by atoms with van der Waals surface area (Å²) >= 11 is 62.0. The van der Waals surface area contributed by atoms with Gasteiger partial charge in [0, 0.05) is 0 Å². The minimum absolute atomic E-state index is 0. The second-order valence-electron chi connectivity index (χ2n) is 4.28. The van der Waals surface area contributed by atoms with Crippen LogP contribution in [0.3, 0.4) is 0 Å². The van der Waals surface area contributed by atoms with Gasteiger partial charge in [-0.05, 0) is 25.7 Å². The second-order valence-corrected chi connectivity index (χ2v) is 14.3. The first-order valence-corrected chi connectivity index (χ1v) is 11.4. The summed E-state index contributed by atoms with van der Waals surface area (Å²) in [7, 11) is 0. The van der Waals surface area contributed by atoms with E-state index in [0.717, 1.165) is 0 Å². The Kier molecular flexibility index (Phi) is 34.3. The zero-order valence-electron chi connectivity index (χ0n) is 14.3. The van der Waals surface area contributed by atoms with Crippen molar-refractivity contribution in [2.45, 2.75) is 40.9 Å². The third kappa shape index (κ3) is 72.1. The maximum Gasteiger partial charge on any atom is 4.00 e. The van der Waals surface area contributed by atoms with Crippen molar-refractivity contribution in [2.24, 2.45) is 0 Å².